The summed E-state index contributed by atoms with van der Waals surface area (Å²) in [5.41, 5.74) is -1.14. The van der Waals surface area contributed by atoms with Crippen LogP contribution in [0.3, 0.4) is 0 Å². The highest BCUT2D eigenvalue weighted by Crippen LogP contribution is 2.39. The molecule has 4 rings (SSSR count). The highest BCUT2D eigenvalue weighted by molar-refractivity contribution is 7.85. The van der Waals surface area contributed by atoms with Crippen LogP contribution < -0.4 is 0 Å². The second-order valence-electron chi connectivity index (χ2n) is 6.75. The van der Waals surface area contributed by atoms with E-state index in [1.54, 1.807) is 36.4 Å². The number of Topliss-reactive ketones (excluding diaryl/α,β-unsaturated/α-hetero) is 1. The number of hydrogen-bond acceptors (Lipinski definition) is 5. The highest BCUT2D eigenvalue weighted by atomic mass is 32.2. The largest absolute Gasteiger partial charge is 0.478 e. The normalized spacial score (nSPS) is 18.0. The Labute approximate surface area is 171 Å². The molecule has 0 spiro atoms. The van der Waals surface area contributed by atoms with Gasteiger partial charge in [0.1, 0.15) is 0 Å². The van der Waals surface area contributed by atoms with E-state index < -0.39 is 27.4 Å². The lowest BCUT2D eigenvalue weighted by Crippen LogP contribution is -2.32. The van der Waals surface area contributed by atoms with Crippen molar-refractivity contribution in [1.82, 2.24) is 0 Å². The number of hydrogen-bond donors (Lipinski definition) is 2. The number of allylic oxidation sites excluding steroid dienone is 1. The first kappa shape index (κ1) is 19.7. The first-order valence-corrected chi connectivity index (χ1v) is 10.3. The van der Waals surface area contributed by atoms with Crippen LogP contribution in [0.2, 0.25) is 0 Å². The Morgan fingerprint density at radius 1 is 0.933 bits per heavy atom. The maximum Gasteiger partial charge on any atom is 0.336 e. The fraction of sp³-hybridized carbons (Fsp3) is 0.0455. The first-order valence-electron chi connectivity index (χ1n) is 8.85. The number of fused-ring (bicyclic) bond motifs is 1. The number of aromatic carboxylic acids is 1. The van der Waals surface area contributed by atoms with Gasteiger partial charge in [-0.2, -0.15) is 8.42 Å². The molecular weight excluding hydrogens is 406 g/mol. The van der Waals surface area contributed by atoms with Gasteiger partial charge in [-0.1, -0.05) is 42.5 Å². The molecule has 3 aromatic rings. The van der Waals surface area contributed by atoms with Crippen LogP contribution in [0, 0.1) is 0 Å². The van der Waals surface area contributed by atoms with Crippen LogP contribution >= 0.6 is 0 Å². The molecule has 0 saturated heterocycles. The highest BCUT2D eigenvalue weighted by Gasteiger charge is 2.41. The van der Waals surface area contributed by atoms with Crippen molar-refractivity contribution in [2.45, 2.75) is 10.4 Å². The molecule has 2 N–H and O–H groups in total. The fourth-order valence-electron chi connectivity index (χ4n) is 3.63. The van der Waals surface area contributed by atoms with Gasteiger partial charge >= 0.3 is 5.97 Å². The average molecular weight is 421 g/mol. The molecule has 0 aromatic heterocycles. The number of nitrogens with zero attached hydrogens (tertiary/aromatic N) is 1. The predicted octanol–water partition coefficient (Wildman–Crippen LogP) is 3.50. The van der Waals surface area contributed by atoms with Gasteiger partial charge in [0.05, 0.1) is 10.5 Å². The number of carbonyl (C=O) groups is 2. The summed E-state index contributed by atoms with van der Waals surface area (Å²) in [6.45, 7) is 0. The van der Waals surface area contributed by atoms with Gasteiger partial charge in [0.15, 0.2) is 11.3 Å². The molecule has 1 aliphatic rings. The molecule has 0 fully saturated rings. The molecule has 0 saturated carbocycles. The molecule has 0 aliphatic carbocycles. The molecule has 3 aromatic carbocycles. The quantitative estimate of drug-likeness (QED) is 0.480. The Bertz CT molecular complexity index is 1360. The molecule has 30 heavy (non-hydrogen) atoms. The van der Waals surface area contributed by atoms with Crippen LogP contribution in [0.1, 0.15) is 26.3 Å². The van der Waals surface area contributed by atoms with Gasteiger partial charge in [0, 0.05) is 11.8 Å². The van der Waals surface area contributed by atoms with E-state index in [0.717, 1.165) is 0 Å². The fourth-order valence-corrected chi connectivity index (χ4v) is 4.15. The number of benzene rings is 3. The molecule has 1 aliphatic heterocycles. The van der Waals surface area contributed by atoms with Gasteiger partial charge in [-0.15, -0.1) is 0 Å². The summed E-state index contributed by atoms with van der Waals surface area (Å²) in [7, 11) is -4.39. The predicted molar refractivity (Wildman–Crippen MR) is 111 cm³/mol. The SMILES string of the molecule is O=C(O)c1ccccc1C(=O)C1(c2cccc3cc(S(=O)(=O)O)ccc23)C=CC=N1. The number of carboxylic acids is 1. The second-order valence-corrected chi connectivity index (χ2v) is 8.17. The summed E-state index contributed by atoms with van der Waals surface area (Å²) in [5.74, 6) is -1.74. The molecule has 150 valence electrons. The van der Waals surface area contributed by atoms with Crippen LogP contribution in [0.15, 0.2) is 82.7 Å². The van der Waals surface area contributed by atoms with Crippen LogP contribution in [0.5, 0.6) is 0 Å². The zero-order valence-corrected chi connectivity index (χ0v) is 16.2. The van der Waals surface area contributed by atoms with E-state index in [-0.39, 0.29) is 16.0 Å². The van der Waals surface area contributed by atoms with Gasteiger partial charge < -0.3 is 5.11 Å². The molecule has 1 heterocycles. The Morgan fingerprint density at radius 3 is 2.30 bits per heavy atom. The Hall–Kier alpha value is -3.62. The van der Waals surface area contributed by atoms with Gasteiger partial charge in [-0.05, 0) is 46.7 Å². The number of carboxylic acid groups (broad SMARTS) is 1. The van der Waals surface area contributed by atoms with Gasteiger partial charge in [-0.3, -0.25) is 14.3 Å². The Morgan fingerprint density at radius 2 is 1.67 bits per heavy atom. The summed E-state index contributed by atoms with van der Waals surface area (Å²) < 4.78 is 32.3. The van der Waals surface area contributed by atoms with Crippen molar-refractivity contribution in [3.05, 3.63) is 89.5 Å². The van der Waals surface area contributed by atoms with Crippen LogP contribution in [-0.4, -0.2) is 36.0 Å². The summed E-state index contributed by atoms with van der Waals surface area (Å²) >= 11 is 0. The zero-order chi connectivity index (χ0) is 21.5. The van der Waals surface area contributed by atoms with Crippen molar-refractivity contribution in [3.63, 3.8) is 0 Å². The zero-order valence-electron chi connectivity index (χ0n) is 15.4. The van der Waals surface area contributed by atoms with Crippen molar-refractivity contribution >= 4 is 38.9 Å². The number of rotatable bonds is 5. The van der Waals surface area contributed by atoms with Crippen LogP contribution in [0.25, 0.3) is 10.8 Å². The van der Waals surface area contributed by atoms with E-state index >= 15 is 0 Å². The van der Waals surface area contributed by atoms with E-state index in [1.165, 1.54) is 42.6 Å². The van der Waals surface area contributed by atoms with Crippen molar-refractivity contribution in [1.29, 1.82) is 0 Å². The van der Waals surface area contributed by atoms with E-state index in [0.29, 0.717) is 16.3 Å². The summed E-state index contributed by atoms with van der Waals surface area (Å²) in [6, 6.07) is 14.9. The maximum absolute atomic E-state index is 13.6. The second kappa shape index (κ2) is 7.01. The van der Waals surface area contributed by atoms with Crippen molar-refractivity contribution in [2.75, 3.05) is 0 Å². The first-order chi connectivity index (χ1) is 14.2. The molecule has 7 nitrogen and oxygen atoms in total. The summed E-state index contributed by atoms with van der Waals surface area (Å²) in [4.78, 5) is 29.4. The van der Waals surface area contributed by atoms with E-state index in [9.17, 15) is 27.7 Å². The molecule has 0 amide bonds. The van der Waals surface area contributed by atoms with Crippen molar-refractivity contribution in [2.24, 2.45) is 4.99 Å². The summed E-state index contributed by atoms with van der Waals surface area (Å²) in [5, 5.41) is 10.5. The number of carbonyl (C=O) groups excluding carboxylic acids is 1. The van der Waals surface area contributed by atoms with E-state index in [4.69, 9.17) is 0 Å². The molecule has 0 radical (unpaired) electrons. The monoisotopic (exact) mass is 421 g/mol. The molecule has 8 heteroatoms. The number of aliphatic imine (C=N–C) groups is 1. The molecular formula is C22H15NO6S. The molecule has 0 bridgehead atoms. The van der Waals surface area contributed by atoms with E-state index in [1.807, 2.05) is 0 Å². The number of ketones is 1. The van der Waals surface area contributed by atoms with Gasteiger partial charge in [0.25, 0.3) is 10.1 Å². The van der Waals surface area contributed by atoms with Crippen molar-refractivity contribution in [3.8, 4) is 0 Å². The minimum atomic E-state index is -4.39. The molecule has 1 unspecified atom stereocenters. The van der Waals surface area contributed by atoms with Crippen LogP contribution in [0.4, 0.5) is 0 Å². The lowest BCUT2D eigenvalue weighted by atomic mass is 9.80. The lowest BCUT2D eigenvalue weighted by Gasteiger charge is -2.26. The lowest BCUT2D eigenvalue weighted by molar-refractivity contribution is 0.0690. The van der Waals surface area contributed by atoms with Crippen LogP contribution in [-0.2, 0) is 15.7 Å². The van der Waals surface area contributed by atoms with Gasteiger partial charge in [0.2, 0.25) is 0 Å². The third kappa shape index (κ3) is 3.12. The van der Waals surface area contributed by atoms with Gasteiger partial charge in [-0.25, -0.2) is 4.79 Å². The molecule has 1 atom stereocenters. The maximum atomic E-state index is 13.6. The minimum absolute atomic E-state index is 0.0141. The van der Waals surface area contributed by atoms with E-state index in [2.05, 4.69) is 4.99 Å². The smallest absolute Gasteiger partial charge is 0.336 e. The minimum Gasteiger partial charge on any atom is -0.478 e. The average Bonchev–Trinajstić information content (AvgIpc) is 3.22. The standard InChI is InChI=1S/C22H15NO6S/c24-20(17-6-1-2-7-18(17)21(25)26)22(11-4-12-23-22)19-8-3-5-14-13-15(30(27,28)29)9-10-16(14)19/h1-13H,(H,25,26)(H,27,28,29). The van der Waals surface area contributed by atoms with Crippen molar-refractivity contribution < 1.29 is 27.7 Å². The third-order valence-electron chi connectivity index (χ3n) is 5.01. The summed E-state index contributed by atoms with van der Waals surface area (Å²) in [6.07, 6.45) is 4.65. The Balaban J connectivity index is 1.96. The Kier molecular flexibility index (Phi) is 4.60. The third-order valence-corrected chi connectivity index (χ3v) is 5.86. The topological polar surface area (TPSA) is 121 Å².